The summed E-state index contributed by atoms with van der Waals surface area (Å²) in [5.74, 6) is -0.685. The molecule has 0 unspecified atom stereocenters. The Morgan fingerprint density at radius 3 is 2.43 bits per heavy atom. The number of carbonyl (C=O) groups excluding carboxylic acids is 1. The average molecular weight is 435 g/mol. The summed E-state index contributed by atoms with van der Waals surface area (Å²) in [5, 5.41) is 5.78. The molecule has 0 aliphatic heterocycles. The van der Waals surface area contributed by atoms with Crippen molar-refractivity contribution in [1.82, 2.24) is 0 Å². The summed E-state index contributed by atoms with van der Waals surface area (Å²) in [5.41, 5.74) is 0.784. The normalized spacial score (nSPS) is 11.1. The Balaban J connectivity index is 2.03. The third-order valence-corrected chi connectivity index (χ3v) is 4.90. The minimum Gasteiger partial charge on any atom is -0.495 e. The van der Waals surface area contributed by atoms with Gasteiger partial charge in [-0.2, -0.15) is 13.2 Å². The topological polar surface area (TPSA) is 59.6 Å². The van der Waals surface area contributed by atoms with Crippen molar-refractivity contribution < 1.29 is 27.4 Å². The van der Waals surface area contributed by atoms with Crippen LogP contribution >= 0.6 is 23.4 Å². The van der Waals surface area contributed by atoms with Crippen LogP contribution in [0.3, 0.4) is 0 Å². The van der Waals surface area contributed by atoms with Gasteiger partial charge in [-0.25, -0.2) is 0 Å². The first kappa shape index (κ1) is 22.0. The Kier molecular flexibility index (Phi) is 7.70. The van der Waals surface area contributed by atoms with E-state index in [9.17, 15) is 18.0 Å². The van der Waals surface area contributed by atoms with Crippen LogP contribution in [0, 0.1) is 0 Å². The number of ether oxygens (including phenoxy) is 2. The lowest BCUT2D eigenvalue weighted by atomic mass is 10.2. The van der Waals surface area contributed by atoms with Crippen LogP contribution < -0.4 is 20.1 Å². The van der Waals surface area contributed by atoms with Crippen molar-refractivity contribution in [1.29, 1.82) is 0 Å². The zero-order chi connectivity index (χ0) is 20.7. The van der Waals surface area contributed by atoms with Gasteiger partial charge in [0.15, 0.2) is 0 Å². The van der Waals surface area contributed by atoms with Crippen LogP contribution in [0.4, 0.5) is 24.5 Å². The molecule has 2 aromatic rings. The molecule has 2 N–H and O–H groups in total. The summed E-state index contributed by atoms with van der Waals surface area (Å²) in [6.45, 7) is -0.156. The van der Waals surface area contributed by atoms with Gasteiger partial charge in [-0.15, -0.1) is 11.8 Å². The number of para-hydroxylation sites is 1. The van der Waals surface area contributed by atoms with Crippen molar-refractivity contribution in [2.24, 2.45) is 0 Å². The fourth-order valence-corrected chi connectivity index (χ4v) is 3.26. The van der Waals surface area contributed by atoms with E-state index in [1.807, 2.05) is 0 Å². The quantitative estimate of drug-likeness (QED) is 0.568. The first-order valence-electron chi connectivity index (χ1n) is 7.97. The monoisotopic (exact) mass is 434 g/mol. The molecular weight excluding hydrogens is 417 g/mol. The maximum absolute atomic E-state index is 12.5. The molecule has 5 nitrogen and oxygen atoms in total. The minimum absolute atomic E-state index is 0.156. The third kappa shape index (κ3) is 6.42. The van der Waals surface area contributed by atoms with Gasteiger partial charge in [0.1, 0.15) is 11.5 Å². The molecule has 0 saturated heterocycles. The van der Waals surface area contributed by atoms with Crippen LogP contribution in [0.1, 0.15) is 0 Å². The maximum atomic E-state index is 12.5. The molecule has 0 fully saturated rings. The summed E-state index contributed by atoms with van der Waals surface area (Å²) >= 11 is 6.72. The molecule has 1 amide bonds. The predicted octanol–water partition coefficient (Wildman–Crippen LogP) is 5.06. The zero-order valence-electron chi connectivity index (χ0n) is 15.0. The summed E-state index contributed by atoms with van der Waals surface area (Å²) in [6.07, 6.45) is -4.28. The highest BCUT2D eigenvalue weighted by atomic mass is 35.5. The molecule has 2 aromatic carbocycles. The van der Waals surface area contributed by atoms with Crippen molar-refractivity contribution >= 4 is 40.6 Å². The van der Waals surface area contributed by atoms with Crippen molar-refractivity contribution in [3.05, 3.63) is 41.4 Å². The third-order valence-electron chi connectivity index (χ3n) is 3.47. The SMILES string of the molecule is COc1cc(OC)c(NC(=O)CNc2ccccc2SCC(F)(F)F)cc1Cl. The molecule has 0 saturated carbocycles. The lowest BCUT2D eigenvalue weighted by Crippen LogP contribution is -2.22. The standard InChI is InChI=1S/C18H18ClF3N2O3S/c1-26-14-8-15(27-2)13(7-11(14)19)24-17(25)9-23-12-5-3-4-6-16(12)28-10-18(20,21)22/h3-8,23H,9-10H2,1-2H3,(H,24,25). The van der Waals surface area contributed by atoms with Crippen molar-refractivity contribution in [2.45, 2.75) is 11.1 Å². The van der Waals surface area contributed by atoms with Gasteiger partial charge in [-0.3, -0.25) is 4.79 Å². The van der Waals surface area contributed by atoms with Crippen LogP contribution in [0.25, 0.3) is 0 Å². The molecule has 0 aliphatic carbocycles. The highest BCUT2D eigenvalue weighted by molar-refractivity contribution is 7.99. The van der Waals surface area contributed by atoms with E-state index in [4.69, 9.17) is 21.1 Å². The fraction of sp³-hybridized carbons (Fsp3) is 0.278. The van der Waals surface area contributed by atoms with Crippen LogP contribution in [0.2, 0.25) is 5.02 Å². The average Bonchev–Trinajstić information content (AvgIpc) is 2.65. The van der Waals surface area contributed by atoms with Crippen molar-refractivity contribution in [2.75, 3.05) is 37.2 Å². The largest absolute Gasteiger partial charge is 0.495 e. The highest BCUT2D eigenvalue weighted by Crippen LogP contribution is 2.36. The van der Waals surface area contributed by atoms with Gasteiger partial charge in [0.25, 0.3) is 0 Å². The Morgan fingerprint density at radius 1 is 1.11 bits per heavy atom. The van der Waals surface area contributed by atoms with Crippen LogP contribution in [-0.4, -0.2) is 38.6 Å². The number of rotatable bonds is 8. The van der Waals surface area contributed by atoms with E-state index in [0.29, 0.717) is 44.6 Å². The second-order valence-corrected chi connectivity index (χ2v) is 6.91. The second kappa shape index (κ2) is 9.79. The van der Waals surface area contributed by atoms with Crippen molar-refractivity contribution in [3.63, 3.8) is 0 Å². The number of amides is 1. The lowest BCUT2D eigenvalue weighted by molar-refractivity contribution is -0.114. The van der Waals surface area contributed by atoms with Gasteiger partial charge in [-0.1, -0.05) is 23.7 Å². The first-order chi connectivity index (χ1) is 13.2. The lowest BCUT2D eigenvalue weighted by Gasteiger charge is -2.15. The van der Waals surface area contributed by atoms with E-state index in [-0.39, 0.29) is 6.54 Å². The Labute approximate surface area is 169 Å². The Hall–Kier alpha value is -2.26. The van der Waals surface area contributed by atoms with Gasteiger partial charge >= 0.3 is 6.18 Å². The second-order valence-electron chi connectivity index (χ2n) is 5.49. The molecule has 0 aromatic heterocycles. The highest BCUT2D eigenvalue weighted by Gasteiger charge is 2.27. The van der Waals surface area contributed by atoms with E-state index in [2.05, 4.69) is 10.6 Å². The molecule has 0 aliphatic rings. The number of thioether (sulfide) groups is 1. The molecule has 10 heteroatoms. The molecule has 28 heavy (non-hydrogen) atoms. The number of methoxy groups -OCH3 is 2. The first-order valence-corrected chi connectivity index (χ1v) is 9.33. The molecule has 0 atom stereocenters. The molecule has 0 radical (unpaired) electrons. The van der Waals surface area contributed by atoms with Gasteiger partial charge in [-0.05, 0) is 18.2 Å². The van der Waals surface area contributed by atoms with Crippen molar-refractivity contribution in [3.8, 4) is 11.5 Å². The summed E-state index contributed by atoms with van der Waals surface area (Å²) < 4.78 is 47.7. The molecular formula is C18H18ClF3N2O3S. The predicted molar refractivity (Wildman–Crippen MR) is 105 cm³/mol. The van der Waals surface area contributed by atoms with Gasteiger partial charge in [0, 0.05) is 16.6 Å². The smallest absolute Gasteiger partial charge is 0.398 e. The Bertz CT molecular complexity index is 834. The summed E-state index contributed by atoms with van der Waals surface area (Å²) in [4.78, 5) is 12.7. The fourth-order valence-electron chi connectivity index (χ4n) is 2.23. The molecule has 0 bridgehead atoms. The van der Waals surface area contributed by atoms with Crippen LogP contribution in [-0.2, 0) is 4.79 Å². The molecule has 0 heterocycles. The summed E-state index contributed by atoms with van der Waals surface area (Å²) in [6, 6.07) is 9.50. The maximum Gasteiger partial charge on any atom is 0.398 e. The molecule has 0 spiro atoms. The number of carbonyl (C=O) groups is 1. The van der Waals surface area contributed by atoms with Crippen LogP contribution in [0.15, 0.2) is 41.3 Å². The number of halogens is 4. The van der Waals surface area contributed by atoms with Gasteiger partial charge < -0.3 is 20.1 Å². The zero-order valence-corrected chi connectivity index (χ0v) is 16.6. The number of hydrogen-bond acceptors (Lipinski definition) is 5. The number of nitrogens with one attached hydrogen (secondary N) is 2. The van der Waals surface area contributed by atoms with E-state index >= 15 is 0 Å². The van der Waals surface area contributed by atoms with Gasteiger partial charge in [0.05, 0.1) is 37.2 Å². The van der Waals surface area contributed by atoms with E-state index < -0.39 is 17.8 Å². The number of alkyl halides is 3. The minimum atomic E-state index is -4.28. The number of benzene rings is 2. The molecule has 2 rings (SSSR count). The molecule has 152 valence electrons. The van der Waals surface area contributed by atoms with Gasteiger partial charge in [0.2, 0.25) is 5.91 Å². The van der Waals surface area contributed by atoms with Crippen LogP contribution in [0.5, 0.6) is 11.5 Å². The van der Waals surface area contributed by atoms with E-state index in [1.165, 1.54) is 26.4 Å². The van der Waals surface area contributed by atoms with E-state index in [0.717, 1.165) is 0 Å². The number of anilines is 2. The Morgan fingerprint density at radius 2 is 1.79 bits per heavy atom. The van der Waals surface area contributed by atoms with E-state index in [1.54, 1.807) is 24.3 Å². The summed E-state index contributed by atoms with van der Waals surface area (Å²) in [7, 11) is 2.89. The number of hydrogen-bond donors (Lipinski definition) is 2.